The Morgan fingerprint density at radius 3 is 2.32 bits per heavy atom. The summed E-state index contributed by atoms with van der Waals surface area (Å²) in [6.07, 6.45) is -9.30. The number of halogens is 8. The predicted octanol–water partition coefficient (Wildman–Crippen LogP) is 4.66. The van der Waals surface area contributed by atoms with Crippen molar-refractivity contribution in [1.29, 1.82) is 10.5 Å². The zero-order chi connectivity index (χ0) is 27.6. The van der Waals surface area contributed by atoms with E-state index in [1.54, 1.807) is 6.07 Å². The van der Waals surface area contributed by atoms with Crippen molar-refractivity contribution in [3.05, 3.63) is 40.2 Å². The van der Waals surface area contributed by atoms with E-state index < -0.39 is 46.8 Å². The number of alkyl halides is 8. The van der Waals surface area contributed by atoms with Crippen molar-refractivity contribution in [2.45, 2.75) is 36.7 Å². The third-order valence-electron chi connectivity index (χ3n) is 5.43. The highest BCUT2D eigenvalue weighted by Gasteiger charge is 2.64. The lowest BCUT2D eigenvalue weighted by Gasteiger charge is -2.19. The summed E-state index contributed by atoms with van der Waals surface area (Å²) >= 11 is 0.759. The molecular formula is C20H11F8N7OS. The van der Waals surface area contributed by atoms with Gasteiger partial charge in [-0.25, -0.2) is 9.36 Å². The summed E-state index contributed by atoms with van der Waals surface area (Å²) in [6.45, 7) is 0. The summed E-state index contributed by atoms with van der Waals surface area (Å²) < 4.78 is 108. The van der Waals surface area contributed by atoms with Gasteiger partial charge in [0, 0.05) is 23.7 Å². The topological polar surface area (TPSA) is 112 Å². The van der Waals surface area contributed by atoms with Crippen LogP contribution >= 0.6 is 11.3 Å². The number of amides is 1. The van der Waals surface area contributed by atoms with Crippen LogP contribution in [0.5, 0.6) is 0 Å². The first-order valence-corrected chi connectivity index (χ1v) is 10.8. The molecule has 1 amide bonds. The summed E-state index contributed by atoms with van der Waals surface area (Å²) in [5, 5.41) is 27.5. The van der Waals surface area contributed by atoms with Gasteiger partial charge in [0.2, 0.25) is 0 Å². The highest BCUT2D eigenvalue weighted by Crippen LogP contribution is 2.49. The third-order valence-corrected chi connectivity index (χ3v) is 6.52. The van der Waals surface area contributed by atoms with Crippen LogP contribution in [0.4, 0.5) is 35.1 Å². The van der Waals surface area contributed by atoms with Gasteiger partial charge >= 0.3 is 18.3 Å². The fourth-order valence-electron chi connectivity index (χ4n) is 3.42. The highest BCUT2D eigenvalue weighted by atomic mass is 32.1. The van der Waals surface area contributed by atoms with E-state index in [2.05, 4.69) is 15.5 Å². The highest BCUT2D eigenvalue weighted by molar-refractivity contribution is 7.16. The van der Waals surface area contributed by atoms with Crippen LogP contribution in [0.3, 0.4) is 0 Å². The average Bonchev–Trinajstić information content (AvgIpc) is 3.15. The van der Waals surface area contributed by atoms with E-state index in [0.717, 1.165) is 30.8 Å². The number of nitrogens with one attached hydrogen (secondary N) is 1. The maximum absolute atomic E-state index is 13.9. The largest absolute Gasteiger partial charge is 0.459 e. The van der Waals surface area contributed by atoms with Crippen LogP contribution in [0.1, 0.15) is 39.3 Å². The van der Waals surface area contributed by atoms with Gasteiger partial charge in [-0.15, -0.1) is 11.3 Å². The van der Waals surface area contributed by atoms with Gasteiger partial charge in [0.1, 0.15) is 22.0 Å². The monoisotopic (exact) mass is 549 g/mol. The number of nitriles is 2. The number of thiophene rings is 1. The Labute approximate surface area is 205 Å². The van der Waals surface area contributed by atoms with Gasteiger partial charge in [0.05, 0.1) is 17.8 Å². The van der Waals surface area contributed by atoms with Gasteiger partial charge < -0.3 is 5.32 Å². The summed E-state index contributed by atoms with van der Waals surface area (Å²) in [4.78, 5) is 12.6. The Kier molecular flexibility index (Phi) is 5.83. The average molecular weight is 549 g/mol. The van der Waals surface area contributed by atoms with Crippen LogP contribution in [0, 0.1) is 22.7 Å². The first kappa shape index (κ1) is 26.1. The lowest BCUT2D eigenvalue weighted by Crippen LogP contribution is -2.36. The molecule has 0 bridgehead atoms. The van der Waals surface area contributed by atoms with E-state index in [1.807, 2.05) is 6.07 Å². The Morgan fingerprint density at radius 1 is 1.16 bits per heavy atom. The minimum atomic E-state index is -6.35. The first-order chi connectivity index (χ1) is 17.0. The van der Waals surface area contributed by atoms with Gasteiger partial charge in [0.25, 0.3) is 5.91 Å². The first-order valence-electron chi connectivity index (χ1n) is 9.97. The van der Waals surface area contributed by atoms with Crippen molar-refractivity contribution in [1.82, 2.24) is 24.9 Å². The molecule has 194 valence electrons. The van der Waals surface area contributed by atoms with E-state index in [-0.39, 0.29) is 25.6 Å². The standard InChI is InChI=1S/C20H11F8N7OS/c1-34-16(13(19(23,24)25)14(33-34)18(21,22)20(26,27)28)35-7-9(6-31-35)11-4-10(12(5-29)37-11)15(36)32-17(8-30)2-3-17/h4,6-7H,2-3H2,1H3,(H,32,36). The maximum Gasteiger partial charge on any atom is 0.459 e. The normalized spacial score (nSPS) is 15.2. The summed E-state index contributed by atoms with van der Waals surface area (Å²) in [7, 11) is 0.742. The van der Waals surface area contributed by atoms with Gasteiger partial charge in [-0.1, -0.05) is 0 Å². The molecule has 0 aromatic carbocycles. The van der Waals surface area contributed by atoms with Crippen molar-refractivity contribution >= 4 is 17.2 Å². The number of nitrogens with zero attached hydrogens (tertiary/aromatic N) is 6. The smallest absolute Gasteiger partial charge is 0.334 e. The van der Waals surface area contributed by atoms with Gasteiger partial charge in [-0.2, -0.15) is 55.8 Å². The molecule has 0 radical (unpaired) electrons. The molecule has 1 aliphatic carbocycles. The molecule has 1 saturated carbocycles. The summed E-state index contributed by atoms with van der Waals surface area (Å²) in [5.41, 5.74) is -5.99. The number of rotatable bonds is 5. The third kappa shape index (κ3) is 4.39. The van der Waals surface area contributed by atoms with E-state index >= 15 is 0 Å². The number of carbonyl (C=O) groups is 1. The fourth-order valence-corrected chi connectivity index (χ4v) is 4.35. The molecule has 0 atom stereocenters. The molecule has 0 spiro atoms. The van der Waals surface area contributed by atoms with Crippen LogP contribution < -0.4 is 5.32 Å². The molecule has 0 unspecified atom stereocenters. The number of hydrogen-bond acceptors (Lipinski definition) is 6. The molecule has 3 aromatic rings. The van der Waals surface area contributed by atoms with Crippen LogP contribution in [0.15, 0.2) is 18.5 Å². The van der Waals surface area contributed by atoms with Gasteiger partial charge in [-0.3, -0.25) is 4.79 Å². The zero-order valence-electron chi connectivity index (χ0n) is 18.2. The molecule has 1 aliphatic rings. The SMILES string of the molecule is Cn1nc(C(F)(F)C(F)(F)F)c(C(F)(F)F)c1-n1cc(-c2cc(C(=O)NC3(C#N)CC3)c(C#N)s2)cn1. The second kappa shape index (κ2) is 8.27. The van der Waals surface area contributed by atoms with E-state index in [1.165, 1.54) is 6.07 Å². The summed E-state index contributed by atoms with van der Waals surface area (Å²) in [6, 6.07) is 4.97. The van der Waals surface area contributed by atoms with Crippen LogP contribution in [-0.2, 0) is 19.1 Å². The van der Waals surface area contributed by atoms with E-state index in [9.17, 15) is 45.2 Å². The Morgan fingerprint density at radius 2 is 1.81 bits per heavy atom. The van der Waals surface area contributed by atoms with Crippen LogP contribution in [-0.4, -0.2) is 37.2 Å². The molecule has 0 saturated heterocycles. The minimum Gasteiger partial charge on any atom is -0.334 e. The van der Waals surface area contributed by atoms with Crippen molar-refractivity contribution < 1.29 is 39.9 Å². The molecule has 3 heterocycles. The van der Waals surface area contributed by atoms with Crippen molar-refractivity contribution in [3.8, 4) is 28.4 Å². The number of aryl methyl sites for hydroxylation is 1. The Balaban J connectivity index is 1.77. The molecular weight excluding hydrogens is 538 g/mol. The Hall–Kier alpha value is -3.99. The lowest BCUT2D eigenvalue weighted by molar-refractivity contribution is -0.292. The minimum absolute atomic E-state index is 0.0282. The van der Waals surface area contributed by atoms with Crippen molar-refractivity contribution in [2.24, 2.45) is 7.05 Å². The van der Waals surface area contributed by atoms with E-state index in [4.69, 9.17) is 5.26 Å². The molecule has 3 aromatic heterocycles. The van der Waals surface area contributed by atoms with Crippen molar-refractivity contribution in [2.75, 3.05) is 0 Å². The molecule has 4 rings (SSSR count). The maximum atomic E-state index is 13.9. The lowest BCUT2D eigenvalue weighted by atomic mass is 10.1. The van der Waals surface area contributed by atoms with E-state index in [0.29, 0.717) is 17.5 Å². The zero-order valence-corrected chi connectivity index (χ0v) is 19.0. The fraction of sp³-hybridized carbons (Fsp3) is 0.350. The Bertz CT molecular complexity index is 1480. The predicted molar refractivity (Wildman–Crippen MR) is 108 cm³/mol. The molecule has 37 heavy (non-hydrogen) atoms. The quantitative estimate of drug-likeness (QED) is 0.465. The van der Waals surface area contributed by atoms with Crippen molar-refractivity contribution in [3.63, 3.8) is 0 Å². The molecule has 1 fully saturated rings. The molecule has 8 nitrogen and oxygen atoms in total. The second-order valence-corrected chi connectivity index (χ2v) is 9.08. The molecule has 17 heteroatoms. The molecule has 1 N–H and O–H groups in total. The summed E-state index contributed by atoms with van der Waals surface area (Å²) in [5.74, 6) is -7.85. The van der Waals surface area contributed by atoms with Crippen LogP contribution in [0.25, 0.3) is 16.3 Å². The molecule has 0 aliphatic heterocycles. The number of carbonyl (C=O) groups excluding carboxylic acids is 1. The number of hydrogen-bond donors (Lipinski definition) is 1. The van der Waals surface area contributed by atoms with Crippen LogP contribution in [0.2, 0.25) is 0 Å². The number of aromatic nitrogens is 4. The van der Waals surface area contributed by atoms with Gasteiger partial charge in [-0.05, 0) is 18.9 Å². The van der Waals surface area contributed by atoms with Gasteiger partial charge in [0.15, 0.2) is 11.5 Å². The second-order valence-electron chi connectivity index (χ2n) is 8.03.